The van der Waals surface area contributed by atoms with Crippen molar-refractivity contribution in [3.8, 4) is 11.5 Å². The largest absolute Gasteiger partial charge is 0.507 e. The molecule has 1 aromatic heterocycles. The average Bonchev–Trinajstić information content (AvgIpc) is 3.27. The number of cyclic esters (lactones) is 1. The molecule has 0 atom stereocenters. The van der Waals surface area contributed by atoms with Crippen LogP contribution >= 0.6 is 0 Å². The lowest BCUT2D eigenvalue weighted by Crippen LogP contribution is -2.12. The van der Waals surface area contributed by atoms with Gasteiger partial charge < -0.3 is 19.9 Å². The van der Waals surface area contributed by atoms with Crippen molar-refractivity contribution in [2.75, 3.05) is 12.4 Å². The third-order valence-electron chi connectivity index (χ3n) is 5.03. The predicted molar refractivity (Wildman–Crippen MR) is 107 cm³/mol. The van der Waals surface area contributed by atoms with Crippen molar-refractivity contribution < 1.29 is 24.2 Å². The summed E-state index contributed by atoms with van der Waals surface area (Å²) in [5, 5.41) is 17.5. The molecule has 29 heavy (non-hydrogen) atoms. The minimum Gasteiger partial charge on any atom is -0.507 e. The third-order valence-corrected chi connectivity index (χ3v) is 5.03. The number of aryl methyl sites for hydroxylation is 1. The molecule has 3 rings (SSSR count). The number of anilines is 1. The zero-order valence-electron chi connectivity index (χ0n) is 17.0. The summed E-state index contributed by atoms with van der Waals surface area (Å²) >= 11 is 0. The molecule has 154 valence electrons. The van der Waals surface area contributed by atoms with Crippen LogP contribution in [-0.2, 0) is 29.6 Å². The van der Waals surface area contributed by atoms with Crippen molar-refractivity contribution in [2.24, 2.45) is 7.05 Å². The van der Waals surface area contributed by atoms with E-state index >= 15 is 0 Å². The summed E-state index contributed by atoms with van der Waals surface area (Å²) in [7, 11) is 3.32. The van der Waals surface area contributed by atoms with E-state index in [1.807, 2.05) is 19.9 Å². The smallest absolute Gasteiger partial charge is 0.342 e. The molecule has 8 heteroatoms. The van der Waals surface area contributed by atoms with Crippen LogP contribution in [0.4, 0.5) is 5.82 Å². The van der Waals surface area contributed by atoms with Crippen LogP contribution in [0.5, 0.6) is 11.5 Å². The molecule has 0 radical (unpaired) electrons. The second-order valence-electron chi connectivity index (χ2n) is 7.09. The molecule has 2 heterocycles. The first kappa shape index (κ1) is 20.4. The Hall–Kier alpha value is -3.29. The number of methoxy groups -OCH3 is 1. The van der Waals surface area contributed by atoms with Crippen molar-refractivity contribution in [2.45, 2.75) is 39.7 Å². The van der Waals surface area contributed by atoms with E-state index in [1.54, 1.807) is 24.0 Å². The highest BCUT2D eigenvalue weighted by Gasteiger charge is 2.31. The van der Waals surface area contributed by atoms with Gasteiger partial charge in [0.2, 0.25) is 5.91 Å². The fourth-order valence-electron chi connectivity index (χ4n) is 3.40. The highest BCUT2D eigenvalue weighted by Crippen LogP contribution is 2.42. The van der Waals surface area contributed by atoms with Crippen molar-refractivity contribution in [1.82, 2.24) is 9.78 Å². The normalized spacial score (nSPS) is 13.2. The van der Waals surface area contributed by atoms with Gasteiger partial charge in [0.1, 0.15) is 23.7 Å². The number of esters is 1. The maximum absolute atomic E-state index is 12.1. The maximum atomic E-state index is 12.1. The first-order chi connectivity index (χ1) is 13.8. The minimum absolute atomic E-state index is 0.0955. The second-order valence-corrected chi connectivity index (χ2v) is 7.09. The number of allylic oxidation sites excluding steroid dienone is 2. The number of fused-ring (bicyclic) bond motifs is 1. The number of carbonyl (C=O) groups excluding carboxylic acids is 2. The number of carbonyl (C=O) groups is 2. The van der Waals surface area contributed by atoms with Gasteiger partial charge in [0.05, 0.1) is 7.11 Å². The maximum Gasteiger partial charge on any atom is 0.342 e. The Kier molecular flexibility index (Phi) is 5.91. The van der Waals surface area contributed by atoms with Gasteiger partial charge >= 0.3 is 5.97 Å². The monoisotopic (exact) mass is 399 g/mol. The topological polar surface area (TPSA) is 103 Å². The number of aromatic hydroxyl groups is 1. The number of nitrogens with zero attached hydrogens (tertiary/aromatic N) is 2. The van der Waals surface area contributed by atoms with Gasteiger partial charge in [0, 0.05) is 36.9 Å². The first-order valence-corrected chi connectivity index (χ1v) is 9.35. The van der Waals surface area contributed by atoms with E-state index in [-0.39, 0.29) is 23.8 Å². The third kappa shape index (κ3) is 4.26. The summed E-state index contributed by atoms with van der Waals surface area (Å²) in [5.41, 5.74) is 3.21. The minimum atomic E-state index is -0.517. The molecule has 0 bridgehead atoms. The molecule has 1 amide bonds. The number of hydrogen-bond acceptors (Lipinski definition) is 6. The van der Waals surface area contributed by atoms with E-state index < -0.39 is 5.97 Å². The van der Waals surface area contributed by atoms with Crippen molar-refractivity contribution in [3.05, 3.63) is 46.2 Å². The number of hydrogen-bond donors (Lipinski definition) is 2. The lowest BCUT2D eigenvalue weighted by Gasteiger charge is -2.15. The number of aromatic nitrogens is 2. The van der Waals surface area contributed by atoms with E-state index in [0.29, 0.717) is 42.0 Å². The van der Waals surface area contributed by atoms with E-state index in [1.165, 1.54) is 7.11 Å². The predicted octanol–water partition coefficient (Wildman–Crippen LogP) is 3.02. The molecule has 8 nitrogen and oxygen atoms in total. The number of nitrogens with one attached hydrogen (secondary N) is 1. The van der Waals surface area contributed by atoms with Gasteiger partial charge in [-0.2, -0.15) is 5.10 Å². The molecule has 1 aromatic carbocycles. The fraction of sp³-hybridized carbons (Fsp3) is 0.381. The molecule has 1 aliphatic heterocycles. The highest BCUT2D eigenvalue weighted by molar-refractivity contribution is 5.98. The van der Waals surface area contributed by atoms with Gasteiger partial charge in [-0.15, -0.1) is 0 Å². The van der Waals surface area contributed by atoms with Crippen molar-refractivity contribution >= 4 is 17.7 Å². The summed E-state index contributed by atoms with van der Waals surface area (Å²) in [4.78, 5) is 24.0. The molecule has 1 aliphatic rings. The average molecular weight is 399 g/mol. The van der Waals surface area contributed by atoms with Crippen LogP contribution in [0.1, 0.15) is 46.8 Å². The van der Waals surface area contributed by atoms with E-state index in [0.717, 1.165) is 11.1 Å². The lowest BCUT2D eigenvalue weighted by molar-refractivity contribution is -0.116. The molecule has 0 saturated carbocycles. The molecule has 0 aliphatic carbocycles. The van der Waals surface area contributed by atoms with Gasteiger partial charge in [0.15, 0.2) is 5.82 Å². The van der Waals surface area contributed by atoms with Crippen LogP contribution in [-0.4, -0.2) is 33.9 Å². The lowest BCUT2D eigenvalue weighted by atomic mass is 9.94. The summed E-state index contributed by atoms with van der Waals surface area (Å²) in [6.07, 6.45) is 4.95. The summed E-state index contributed by atoms with van der Waals surface area (Å²) < 4.78 is 12.2. The van der Waals surface area contributed by atoms with Gasteiger partial charge in [-0.05, 0) is 32.3 Å². The Bertz CT molecular complexity index is 991. The molecule has 0 fully saturated rings. The van der Waals surface area contributed by atoms with Gasteiger partial charge in [-0.3, -0.25) is 9.48 Å². The summed E-state index contributed by atoms with van der Waals surface area (Å²) in [6.45, 7) is 3.91. The van der Waals surface area contributed by atoms with E-state index in [9.17, 15) is 14.7 Å². The van der Waals surface area contributed by atoms with Crippen molar-refractivity contribution in [1.29, 1.82) is 0 Å². The van der Waals surface area contributed by atoms with Crippen LogP contribution in [0.3, 0.4) is 0 Å². The Morgan fingerprint density at radius 1 is 1.45 bits per heavy atom. The molecule has 0 unspecified atom stereocenters. The molecule has 2 N–H and O–H groups in total. The molecule has 0 saturated heterocycles. The van der Waals surface area contributed by atoms with Crippen LogP contribution in [0.2, 0.25) is 0 Å². The number of ether oxygens (including phenoxy) is 2. The molecule has 0 spiro atoms. The van der Waals surface area contributed by atoms with Crippen LogP contribution in [0, 0.1) is 6.92 Å². The summed E-state index contributed by atoms with van der Waals surface area (Å²) in [6, 6.07) is 1.73. The number of amides is 1. The van der Waals surface area contributed by atoms with Gasteiger partial charge in [-0.25, -0.2) is 4.79 Å². The number of benzene rings is 1. The van der Waals surface area contributed by atoms with E-state index in [2.05, 4.69) is 10.4 Å². The number of rotatable bonds is 7. The van der Waals surface area contributed by atoms with Crippen molar-refractivity contribution in [3.63, 3.8) is 0 Å². The second kappa shape index (κ2) is 8.38. The molecule has 2 aromatic rings. The molecular weight excluding hydrogens is 374 g/mol. The van der Waals surface area contributed by atoms with E-state index in [4.69, 9.17) is 9.47 Å². The zero-order chi connectivity index (χ0) is 21.1. The number of phenolic OH excluding ortho intramolecular Hbond substituents is 1. The molecular formula is C21H25N3O5. The summed E-state index contributed by atoms with van der Waals surface area (Å²) in [5.74, 6) is 0.345. The standard InChI is InChI=1S/C21H25N3O5/c1-12(6-8-17(25)22-16-9-10-24(3)23-16)5-7-14-19(26)18-15(11-29-21(18)27)13(2)20(14)28-4/h5,9-10,26H,6-8,11H2,1-4H3,(H,22,23,25)/b12-5+. The van der Waals surface area contributed by atoms with Gasteiger partial charge in [0.25, 0.3) is 0 Å². The van der Waals surface area contributed by atoms with Crippen LogP contribution in [0.25, 0.3) is 0 Å². The Morgan fingerprint density at radius 3 is 2.86 bits per heavy atom. The number of phenols is 1. The Labute approximate surface area is 169 Å². The SMILES string of the molecule is COc1c(C)c2c(c(O)c1C/C=C(\C)CCC(=O)Nc1ccn(C)n1)C(=O)OC2. The van der Waals surface area contributed by atoms with Crippen LogP contribution < -0.4 is 10.1 Å². The van der Waals surface area contributed by atoms with Crippen LogP contribution in [0.15, 0.2) is 23.9 Å². The fourth-order valence-corrected chi connectivity index (χ4v) is 3.40. The Morgan fingerprint density at radius 2 is 2.21 bits per heavy atom. The highest BCUT2D eigenvalue weighted by atomic mass is 16.5. The van der Waals surface area contributed by atoms with Gasteiger partial charge in [-0.1, -0.05) is 11.6 Å². The quantitative estimate of drug-likeness (QED) is 0.548. The first-order valence-electron chi connectivity index (χ1n) is 9.35. The zero-order valence-corrected chi connectivity index (χ0v) is 17.0. The Balaban J connectivity index is 1.69.